The van der Waals surface area contributed by atoms with Gasteiger partial charge >= 0.3 is 6.18 Å². The number of aromatic nitrogens is 1. The number of hydrogen-bond acceptors (Lipinski definition) is 2. The van der Waals surface area contributed by atoms with Gasteiger partial charge in [-0.25, -0.2) is 0 Å². The normalized spacial score (nSPS) is 14.1. The third kappa shape index (κ3) is 2.45. The average molecular weight is 270 g/mol. The summed E-state index contributed by atoms with van der Waals surface area (Å²) in [6.07, 6.45) is -3.58. The van der Waals surface area contributed by atoms with Crippen LogP contribution in [0.4, 0.5) is 13.2 Å². The van der Waals surface area contributed by atoms with Gasteiger partial charge in [0.25, 0.3) is 0 Å². The first kappa shape index (κ1) is 11.5. The van der Waals surface area contributed by atoms with E-state index in [0.29, 0.717) is 0 Å². The number of aliphatic hydroxyl groups is 1. The Hall–Kier alpha value is -0.620. The van der Waals surface area contributed by atoms with Crippen molar-refractivity contribution in [3.8, 4) is 0 Å². The molecule has 6 heteroatoms. The van der Waals surface area contributed by atoms with E-state index in [1.165, 1.54) is 0 Å². The predicted molar refractivity (Wildman–Crippen MR) is 48.0 cm³/mol. The molecule has 1 aromatic heterocycles. The number of rotatable bonds is 2. The van der Waals surface area contributed by atoms with Crippen LogP contribution in [0.2, 0.25) is 0 Å². The highest BCUT2D eigenvalue weighted by molar-refractivity contribution is 9.09. The van der Waals surface area contributed by atoms with Gasteiger partial charge in [0, 0.05) is 23.3 Å². The first-order chi connectivity index (χ1) is 6.46. The topological polar surface area (TPSA) is 33.1 Å². The highest BCUT2D eigenvalue weighted by Crippen LogP contribution is 2.34. The van der Waals surface area contributed by atoms with Crippen LogP contribution < -0.4 is 0 Å². The fourth-order valence-electron chi connectivity index (χ4n) is 1.01. The second kappa shape index (κ2) is 4.27. The number of hydrogen-bond donors (Lipinski definition) is 1. The Balaban J connectivity index is 3.16. The summed E-state index contributed by atoms with van der Waals surface area (Å²) in [5.74, 6) is 0. The Labute approximate surface area is 86.9 Å². The molecule has 0 bridgehead atoms. The number of pyridine rings is 1. The van der Waals surface area contributed by atoms with Crippen LogP contribution in [0.3, 0.4) is 0 Å². The lowest BCUT2D eigenvalue weighted by molar-refractivity contribution is -0.139. The molecule has 1 heterocycles. The Bertz CT molecular complexity index is 316. The molecule has 0 aromatic carbocycles. The van der Waals surface area contributed by atoms with Crippen molar-refractivity contribution in [2.24, 2.45) is 0 Å². The van der Waals surface area contributed by atoms with Crippen LogP contribution in [-0.2, 0) is 6.18 Å². The van der Waals surface area contributed by atoms with Gasteiger partial charge in [-0.2, -0.15) is 13.2 Å². The van der Waals surface area contributed by atoms with Crippen LogP contribution in [0.25, 0.3) is 0 Å². The fourth-order valence-corrected chi connectivity index (χ4v) is 1.36. The summed E-state index contributed by atoms with van der Waals surface area (Å²) in [7, 11) is 0. The van der Waals surface area contributed by atoms with Crippen molar-refractivity contribution < 1.29 is 18.3 Å². The monoisotopic (exact) mass is 269 g/mol. The van der Waals surface area contributed by atoms with Crippen molar-refractivity contribution in [1.29, 1.82) is 0 Å². The lowest BCUT2D eigenvalue weighted by atomic mass is 10.1. The number of alkyl halides is 4. The van der Waals surface area contributed by atoms with Crippen LogP contribution in [0, 0.1) is 0 Å². The Morgan fingerprint density at radius 2 is 2.14 bits per heavy atom. The molecule has 0 amide bonds. The third-order valence-electron chi connectivity index (χ3n) is 1.66. The zero-order chi connectivity index (χ0) is 10.8. The Kier molecular flexibility index (Phi) is 3.49. The van der Waals surface area contributed by atoms with E-state index in [4.69, 9.17) is 0 Å². The maximum atomic E-state index is 12.4. The van der Waals surface area contributed by atoms with Crippen LogP contribution in [-0.4, -0.2) is 15.4 Å². The van der Waals surface area contributed by atoms with E-state index in [9.17, 15) is 18.3 Å². The van der Waals surface area contributed by atoms with Crippen molar-refractivity contribution in [1.82, 2.24) is 4.98 Å². The molecule has 14 heavy (non-hydrogen) atoms. The van der Waals surface area contributed by atoms with Crippen molar-refractivity contribution in [3.05, 3.63) is 29.6 Å². The summed E-state index contributed by atoms with van der Waals surface area (Å²) < 4.78 is 37.2. The molecule has 0 fully saturated rings. The molecule has 1 unspecified atom stereocenters. The molecule has 0 aliphatic heterocycles. The van der Waals surface area contributed by atoms with Gasteiger partial charge in [-0.05, 0) is 6.07 Å². The summed E-state index contributed by atoms with van der Waals surface area (Å²) in [5.41, 5.74) is -1.06. The van der Waals surface area contributed by atoms with Crippen molar-refractivity contribution in [2.75, 3.05) is 5.33 Å². The van der Waals surface area contributed by atoms with Crippen LogP contribution in [0.1, 0.15) is 17.2 Å². The minimum atomic E-state index is -4.46. The molecule has 0 saturated carbocycles. The quantitative estimate of drug-likeness (QED) is 0.838. The van der Waals surface area contributed by atoms with Gasteiger partial charge in [0.1, 0.15) is 0 Å². The van der Waals surface area contributed by atoms with E-state index >= 15 is 0 Å². The number of nitrogens with zero attached hydrogens (tertiary/aromatic N) is 1. The highest BCUT2D eigenvalue weighted by atomic mass is 79.9. The zero-order valence-electron chi connectivity index (χ0n) is 6.92. The molecule has 1 N–H and O–H groups in total. The maximum absolute atomic E-state index is 12.4. The summed E-state index contributed by atoms with van der Waals surface area (Å²) >= 11 is 2.91. The number of aliphatic hydroxyl groups excluding tert-OH is 1. The molecule has 0 aliphatic carbocycles. The molecule has 0 aliphatic rings. The molecule has 0 radical (unpaired) electrons. The van der Waals surface area contributed by atoms with Gasteiger partial charge in [-0.3, -0.25) is 4.98 Å². The molecular weight excluding hydrogens is 263 g/mol. The zero-order valence-corrected chi connectivity index (χ0v) is 8.51. The molecule has 0 saturated heterocycles. The fraction of sp³-hybridized carbons (Fsp3) is 0.375. The third-order valence-corrected chi connectivity index (χ3v) is 2.28. The van der Waals surface area contributed by atoms with E-state index in [0.717, 1.165) is 18.5 Å². The highest BCUT2D eigenvalue weighted by Gasteiger charge is 2.34. The van der Waals surface area contributed by atoms with Gasteiger partial charge < -0.3 is 5.11 Å². The van der Waals surface area contributed by atoms with Crippen molar-refractivity contribution in [2.45, 2.75) is 12.3 Å². The second-order valence-electron chi connectivity index (χ2n) is 2.63. The molecule has 1 aromatic rings. The molecule has 78 valence electrons. The van der Waals surface area contributed by atoms with Crippen molar-refractivity contribution in [3.63, 3.8) is 0 Å². The summed E-state index contributed by atoms with van der Waals surface area (Å²) in [6.45, 7) is 0. The molecule has 1 rings (SSSR count). The lowest BCUT2D eigenvalue weighted by Gasteiger charge is -2.14. The molecule has 1 atom stereocenters. The second-order valence-corrected chi connectivity index (χ2v) is 3.28. The minimum absolute atomic E-state index is 0.0434. The molecule has 2 nitrogen and oxygen atoms in total. The van der Waals surface area contributed by atoms with Crippen LogP contribution >= 0.6 is 15.9 Å². The van der Waals surface area contributed by atoms with Gasteiger partial charge in [0.15, 0.2) is 0 Å². The summed E-state index contributed by atoms with van der Waals surface area (Å²) in [4.78, 5) is 3.55. The Morgan fingerprint density at radius 1 is 1.50 bits per heavy atom. The van der Waals surface area contributed by atoms with Crippen LogP contribution in [0.5, 0.6) is 0 Å². The molecular formula is C8H7BrF3NO. The maximum Gasteiger partial charge on any atom is 0.416 e. The predicted octanol–water partition coefficient (Wildman–Crippen LogP) is 2.53. The van der Waals surface area contributed by atoms with Gasteiger partial charge in [-0.15, -0.1) is 0 Å². The summed E-state index contributed by atoms with van der Waals surface area (Å²) in [5, 5.41) is 9.33. The standard InChI is InChI=1S/C8H7BrF3NO/c9-3-7(14)5-4-13-2-1-6(5)8(10,11)12/h1-2,4,7,14H,3H2. The smallest absolute Gasteiger partial charge is 0.387 e. The van der Waals surface area contributed by atoms with Gasteiger partial charge in [-0.1, -0.05) is 15.9 Å². The van der Waals surface area contributed by atoms with E-state index in [-0.39, 0.29) is 10.9 Å². The van der Waals surface area contributed by atoms with Crippen molar-refractivity contribution >= 4 is 15.9 Å². The summed E-state index contributed by atoms with van der Waals surface area (Å²) in [6, 6.07) is 0.848. The Morgan fingerprint density at radius 3 is 2.64 bits per heavy atom. The first-order valence-corrected chi connectivity index (χ1v) is 4.84. The largest absolute Gasteiger partial charge is 0.416 e. The number of halogens is 4. The van der Waals surface area contributed by atoms with Gasteiger partial charge in [0.2, 0.25) is 0 Å². The van der Waals surface area contributed by atoms with E-state index in [1.54, 1.807) is 0 Å². The average Bonchev–Trinajstić information content (AvgIpc) is 2.15. The van der Waals surface area contributed by atoms with Gasteiger partial charge in [0.05, 0.1) is 11.7 Å². The minimum Gasteiger partial charge on any atom is -0.387 e. The SMILES string of the molecule is OC(CBr)c1cnccc1C(F)(F)F. The molecule has 0 spiro atoms. The van der Waals surface area contributed by atoms with E-state index in [2.05, 4.69) is 20.9 Å². The lowest BCUT2D eigenvalue weighted by Crippen LogP contribution is -2.13. The van der Waals surface area contributed by atoms with E-state index < -0.39 is 17.8 Å². The van der Waals surface area contributed by atoms with E-state index in [1.807, 2.05) is 0 Å². The van der Waals surface area contributed by atoms with Crippen LogP contribution in [0.15, 0.2) is 18.5 Å². The first-order valence-electron chi connectivity index (χ1n) is 3.72.